The predicted molar refractivity (Wildman–Crippen MR) is 69.2 cm³/mol. The van der Waals surface area contributed by atoms with Crippen LogP contribution >= 0.6 is 12.4 Å². The predicted octanol–water partition coefficient (Wildman–Crippen LogP) is 1.59. The zero-order valence-electron chi connectivity index (χ0n) is 10.5. The number of hydrogen-bond acceptors (Lipinski definition) is 3. The van der Waals surface area contributed by atoms with Gasteiger partial charge in [-0.2, -0.15) is 10.2 Å². The van der Waals surface area contributed by atoms with Crippen LogP contribution in [0.1, 0.15) is 11.4 Å². The molecule has 2 aromatic rings. The molecular formula is C11H16ClF2N5. The van der Waals surface area contributed by atoms with Gasteiger partial charge in [0.2, 0.25) is 0 Å². The van der Waals surface area contributed by atoms with E-state index in [0.717, 1.165) is 11.4 Å². The van der Waals surface area contributed by atoms with Gasteiger partial charge in [0.15, 0.2) is 0 Å². The van der Waals surface area contributed by atoms with E-state index >= 15 is 0 Å². The Bertz CT molecular complexity index is 497. The lowest BCUT2D eigenvalue weighted by Gasteiger charge is -2.03. The van der Waals surface area contributed by atoms with Crippen molar-refractivity contribution >= 4 is 12.4 Å². The highest BCUT2D eigenvalue weighted by molar-refractivity contribution is 5.85. The van der Waals surface area contributed by atoms with Crippen molar-refractivity contribution in [3.63, 3.8) is 0 Å². The lowest BCUT2D eigenvalue weighted by atomic mass is 10.4. The molecule has 1 N–H and O–H groups in total. The van der Waals surface area contributed by atoms with E-state index in [-0.39, 0.29) is 19.0 Å². The van der Waals surface area contributed by atoms with Gasteiger partial charge in [0.25, 0.3) is 6.43 Å². The summed E-state index contributed by atoms with van der Waals surface area (Å²) >= 11 is 0. The van der Waals surface area contributed by atoms with Crippen LogP contribution in [0.5, 0.6) is 0 Å². The Hall–Kier alpha value is -1.47. The number of rotatable bonds is 6. The number of alkyl halides is 2. The number of hydrogen-bond donors (Lipinski definition) is 1. The second kappa shape index (κ2) is 7.20. The molecule has 8 heteroatoms. The molecule has 0 aliphatic rings. The van der Waals surface area contributed by atoms with Crippen molar-refractivity contribution in [1.82, 2.24) is 24.9 Å². The van der Waals surface area contributed by atoms with Gasteiger partial charge in [-0.1, -0.05) is 0 Å². The second-order valence-corrected chi connectivity index (χ2v) is 3.97. The van der Waals surface area contributed by atoms with E-state index in [0.29, 0.717) is 13.1 Å². The Morgan fingerprint density at radius 1 is 1.32 bits per heavy atom. The number of aryl methyl sites for hydroxylation is 1. The van der Waals surface area contributed by atoms with Gasteiger partial charge >= 0.3 is 0 Å². The summed E-state index contributed by atoms with van der Waals surface area (Å²) in [6.45, 7) is 0.849. The average Bonchev–Trinajstić information content (AvgIpc) is 2.89. The molecule has 0 saturated heterocycles. The van der Waals surface area contributed by atoms with Gasteiger partial charge < -0.3 is 5.32 Å². The lowest BCUT2D eigenvalue weighted by molar-refractivity contribution is 0.121. The smallest absolute Gasteiger partial charge is 0.257 e. The van der Waals surface area contributed by atoms with Gasteiger partial charge in [0.1, 0.15) is 6.54 Å². The number of nitrogens with one attached hydrogen (secondary N) is 1. The zero-order chi connectivity index (χ0) is 13.0. The summed E-state index contributed by atoms with van der Waals surface area (Å²) in [5.41, 5.74) is 1.81. The van der Waals surface area contributed by atoms with Crippen molar-refractivity contribution in [1.29, 1.82) is 0 Å². The van der Waals surface area contributed by atoms with Crippen LogP contribution < -0.4 is 5.32 Å². The molecular weight excluding hydrogens is 276 g/mol. The highest BCUT2D eigenvalue weighted by Crippen LogP contribution is 2.01. The summed E-state index contributed by atoms with van der Waals surface area (Å²) in [6, 6.07) is 3.65. The number of halogens is 3. The topological polar surface area (TPSA) is 47.7 Å². The molecule has 0 spiro atoms. The second-order valence-electron chi connectivity index (χ2n) is 3.97. The van der Waals surface area contributed by atoms with E-state index < -0.39 is 6.43 Å². The molecule has 0 atom stereocenters. The average molecular weight is 292 g/mol. The molecule has 5 nitrogen and oxygen atoms in total. The van der Waals surface area contributed by atoms with Crippen LogP contribution in [0.15, 0.2) is 24.5 Å². The molecule has 0 aliphatic heterocycles. The third kappa shape index (κ3) is 4.60. The fraction of sp³-hybridized carbons (Fsp3) is 0.455. The molecule has 0 bridgehead atoms. The van der Waals surface area contributed by atoms with Crippen LogP contribution in [0.25, 0.3) is 0 Å². The Balaban J connectivity index is 0.00000180. The maximum Gasteiger partial charge on any atom is 0.257 e. The van der Waals surface area contributed by atoms with Gasteiger partial charge in [-0.05, 0) is 12.1 Å². The molecule has 0 aliphatic carbocycles. The maximum absolute atomic E-state index is 12.1. The summed E-state index contributed by atoms with van der Waals surface area (Å²) in [6.07, 6.45) is 0.918. The van der Waals surface area contributed by atoms with Crippen molar-refractivity contribution in [3.8, 4) is 0 Å². The molecule has 0 fully saturated rings. The Morgan fingerprint density at radius 2 is 2.11 bits per heavy atom. The summed E-state index contributed by atoms with van der Waals surface area (Å²) in [7, 11) is 1.87. The van der Waals surface area contributed by atoms with E-state index in [1.165, 1.54) is 4.68 Å². The van der Waals surface area contributed by atoms with Gasteiger partial charge in [-0.15, -0.1) is 12.4 Å². The fourth-order valence-electron chi connectivity index (χ4n) is 1.63. The molecule has 0 saturated carbocycles. The van der Waals surface area contributed by atoms with Crippen molar-refractivity contribution in [2.24, 2.45) is 7.05 Å². The van der Waals surface area contributed by atoms with Crippen molar-refractivity contribution < 1.29 is 8.78 Å². The first-order valence-corrected chi connectivity index (χ1v) is 5.63. The van der Waals surface area contributed by atoms with E-state index in [1.807, 2.05) is 13.1 Å². The van der Waals surface area contributed by atoms with Gasteiger partial charge in [0, 0.05) is 32.5 Å². The highest BCUT2D eigenvalue weighted by Gasteiger charge is 2.05. The van der Waals surface area contributed by atoms with Crippen LogP contribution in [0, 0.1) is 0 Å². The molecule has 106 valence electrons. The molecule has 0 amide bonds. The first-order valence-electron chi connectivity index (χ1n) is 5.63. The molecule has 0 unspecified atom stereocenters. The van der Waals surface area contributed by atoms with E-state index in [4.69, 9.17) is 0 Å². The zero-order valence-corrected chi connectivity index (χ0v) is 11.3. The van der Waals surface area contributed by atoms with Crippen LogP contribution in [0.3, 0.4) is 0 Å². The number of nitrogens with zero attached hydrogens (tertiary/aromatic N) is 4. The summed E-state index contributed by atoms with van der Waals surface area (Å²) in [4.78, 5) is 0. The Morgan fingerprint density at radius 3 is 2.74 bits per heavy atom. The summed E-state index contributed by atoms with van der Waals surface area (Å²) < 4.78 is 27.3. The largest absolute Gasteiger partial charge is 0.305 e. The van der Waals surface area contributed by atoms with Gasteiger partial charge in [0.05, 0.1) is 11.4 Å². The summed E-state index contributed by atoms with van der Waals surface area (Å²) in [5, 5.41) is 11.3. The van der Waals surface area contributed by atoms with E-state index in [9.17, 15) is 8.78 Å². The molecule has 19 heavy (non-hydrogen) atoms. The first kappa shape index (κ1) is 15.6. The van der Waals surface area contributed by atoms with Gasteiger partial charge in [-0.3, -0.25) is 9.36 Å². The van der Waals surface area contributed by atoms with Gasteiger partial charge in [-0.25, -0.2) is 8.78 Å². The van der Waals surface area contributed by atoms with Crippen molar-refractivity contribution in [2.75, 3.05) is 0 Å². The Kier molecular flexibility index (Phi) is 5.91. The van der Waals surface area contributed by atoms with Crippen molar-refractivity contribution in [2.45, 2.75) is 26.1 Å². The molecule has 2 heterocycles. The van der Waals surface area contributed by atoms with Crippen LogP contribution in [0.2, 0.25) is 0 Å². The van der Waals surface area contributed by atoms with Crippen LogP contribution in [-0.4, -0.2) is 26.0 Å². The molecule has 0 aromatic carbocycles. The van der Waals surface area contributed by atoms with Crippen LogP contribution in [0.4, 0.5) is 8.78 Å². The molecule has 2 aromatic heterocycles. The van der Waals surface area contributed by atoms with Crippen molar-refractivity contribution in [3.05, 3.63) is 35.9 Å². The standard InChI is InChI=1S/C11H15F2N5.ClH/c1-17-10(2-4-15-17)7-14-6-9-3-5-18(16-9)8-11(12)13;/h2-5,11,14H,6-8H2,1H3;1H. The van der Waals surface area contributed by atoms with E-state index in [1.54, 1.807) is 23.1 Å². The minimum absolute atomic E-state index is 0. The first-order chi connectivity index (χ1) is 8.65. The number of aromatic nitrogens is 4. The SMILES string of the molecule is Cl.Cn1nccc1CNCc1ccn(CC(F)F)n1. The normalized spacial score (nSPS) is 10.7. The third-order valence-corrected chi connectivity index (χ3v) is 2.56. The molecule has 2 rings (SSSR count). The minimum atomic E-state index is -2.37. The summed E-state index contributed by atoms with van der Waals surface area (Å²) in [5.74, 6) is 0. The van der Waals surface area contributed by atoms with E-state index in [2.05, 4.69) is 15.5 Å². The van der Waals surface area contributed by atoms with Crippen LogP contribution in [-0.2, 0) is 26.7 Å². The maximum atomic E-state index is 12.1. The minimum Gasteiger partial charge on any atom is -0.305 e. The Labute approximate surface area is 116 Å². The monoisotopic (exact) mass is 291 g/mol. The highest BCUT2D eigenvalue weighted by atomic mass is 35.5. The fourth-order valence-corrected chi connectivity index (χ4v) is 1.63. The molecule has 0 radical (unpaired) electrons. The lowest BCUT2D eigenvalue weighted by Crippen LogP contribution is -2.16. The third-order valence-electron chi connectivity index (χ3n) is 2.56. The quantitative estimate of drug-likeness (QED) is 0.879.